The SMILES string of the molecule is CCN(CC)[C@]1(C)CCN(c2cc(F)c(S(=O)(=O)Nc3ncc(F)s3)c(F)c2Cl)C1. The van der Waals surface area contributed by atoms with Crippen molar-refractivity contribution in [3.63, 3.8) is 0 Å². The third kappa shape index (κ3) is 4.25. The molecule has 1 aromatic carbocycles. The molecule has 1 fully saturated rings. The predicted octanol–water partition coefficient (Wildman–Crippen LogP) is 4.33. The number of anilines is 2. The molecule has 0 unspecified atom stereocenters. The molecular formula is C18H22ClF3N4O2S2. The van der Waals surface area contributed by atoms with Crippen molar-refractivity contribution < 1.29 is 21.6 Å². The molecule has 2 heterocycles. The van der Waals surface area contributed by atoms with E-state index in [4.69, 9.17) is 11.6 Å². The molecule has 0 aliphatic carbocycles. The zero-order valence-electron chi connectivity index (χ0n) is 16.7. The van der Waals surface area contributed by atoms with Gasteiger partial charge in [-0.2, -0.15) is 4.39 Å². The summed E-state index contributed by atoms with van der Waals surface area (Å²) in [4.78, 5) is 6.30. The molecule has 1 atom stereocenters. The normalized spacial score (nSPS) is 19.7. The Balaban J connectivity index is 1.94. The summed E-state index contributed by atoms with van der Waals surface area (Å²) >= 11 is 6.54. The first-order valence-corrected chi connectivity index (χ1v) is 12.0. The highest BCUT2D eigenvalue weighted by molar-refractivity contribution is 7.93. The average Bonchev–Trinajstić information content (AvgIpc) is 3.24. The molecule has 3 rings (SSSR count). The lowest BCUT2D eigenvalue weighted by molar-refractivity contribution is 0.137. The zero-order valence-corrected chi connectivity index (χ0v) is 19.1. The summed E-state index contributed by atoms with van der Waals surface area (Å²) in [6.45, 7) is 8.85. The number of sulfonamides is 1. The highest BCUT2D eigenvalue weighted by Gasteiger charge is 2.39. The fourth-order valence-corrected chi connectivity index (χ4v) is 6.16. The van der Waals surface area contributed by atoms with Crippen LogP contribution in [0.3, 0.4) is 0 Å². The summed E-state index contributed by atoms with van der Waals surface area (Å²) in [5.74, 6) is -2.68. The van der Waals surface area contributed by atoms with E-state index in [-0.39, 0.29) is 16.4 Å². The van der Waals surface area contributed by atoms with Crippen LogP contribution in [0.2, 0.25) is 5.02 Å². The molecule has 1 saturated heterocycles. The number of likely N-dealkylation sites (N-methyl/N-ethyl adjacent to an activating group) is 1. The fraction of sp³-hybridized carbons (Fsp3) is 0.500. The molecule has 166 valence electrons. The Bertz CT molecular complexity index is 1050. The summed E-state index contributed by atoms with van der Waals surface area (Å²) in [6.07, 6.45) is 1.57. The van der Waals surface area contributed by atoms with Crippen LogP contribution in [-0.2, 0) is 10.0 Å². The Morgan fingerprint density at radius 3 is 2.57 bits per heavy atom. The van der Waals surface area contributed by atoms with Gasteiger partial charge in [0.25, 0.3) is 10.0 Å². The van der Waals surface area contributed by atoms with Gasteiger partial charge in [-0.3, -0.25) is 9.62 Å². The van der Waals surface area contributed by atoms with Crippen molar-refractivity contribution in [1.29, 1.82) is 0 Å². The van der Waals surface area contributed by atoms with Gasteiger partial charge in [0.1, 0.15) is 10.8 Å². The van der Waals surface area contributed by atoms with E-state index in [1.54, 1.807) is 4.90 Å². The van der Waals surface area contributed by atoms with Crippen molar-refractivity contribution in [2.24, 2.45) is 0 Å². The van der Waals surface area contributed by atoms with Crippen molar-refractivity contribution in [3.05, 3.63) is 34.1 Å². The molecule has 2 aromatic rings. The third-order valence-corrected chi connectivity index (χ3v) is 7.95. The molecule has 0 bridgehead atoms. The molecule has 1 aliphatic heterocycles. The first-order valence-electron chi connectivity index (χ1n) is 9.34. The van der Waals surface area contributed by atoms with Gasteiger partial charge in [-0.15, -0.1) is 0 Å². The minimum Gasteiger partial charge on any atom is -0.368 e. The molecule has 0 radical (unpaired) electrons. The third-order valence-electron chi connectivity index (χ3n) is 5.38. The minimum atomic E-state index is -4.70. The van der Waals surface area contributed by atoms with Gasteiger partial charge in [-0.05, 0) is 26.4 Å². The maximum absolute atomic E-state index is 14.9. The van der Waals surface area contributed by atoms with E-state index in [2.05, 4.69) is 16.8 Å². The van der Waals surface area contributed by atoms with E-state index in [1.807, 2.05) is 18.6 Å². The highest BCUT2D eigenvalue weighted by Crippen LogP contribution is 2.39. The van der Waals surface area contributed by atoms with Crippen LogP contribution in [0.25, 0.3) is 0 Å². The smallest absolute Gasteiger partial charge is 0.269 e. The van der Waals surface area contributed by atoms with Crippen LogP contribution < -0.4 is 9.62 Å². The van der Waals surface area contributed by atoms with Crippen molar-refractivity contribution in [2.75, 3.05) is 35.8 Å². The van der Waals surface area contributed by atoms with E-state index < -0.39 is 36.7 Å². The molecule has 1 aliphatic rings. The average molecular weight is 483 g/mol. The Kier molecular flexibility index (Phi) is 6.57. The molecule has 1 aromatic heterocycles. The molecule has 1 N–H and O–H groups in total. The van der Waals surface area contributed by atoms with E-state index in [0.717, 1.165) is 31.8 Å². The van der Waals surface area contributed by atoms with Crippen molar-refractivity contribution in [2.45, 2.75) is 37.6 Å². The van der Waals surface area contributed by atoms with Crippen LogP contribution in [0.5, 0.6) is 0 Å². The number of nitrogens with zero attached hydrogens (tertiary/aromatic N) is 3. The number of hydrogen-bond donors (Lipinski definition) is 1. The highest BCUT2D eigenvalue weighted by atomic mass is 35.5. The van der Waals surface area contributed by atoms with Crippen molar-refractivity contribution in [3.8, 4) is 0 Å². The van der Waals surface area contributed by atoms with Gasteiger partial charge in [0, 0.05) is 24.7 Å². The second kappa shape index (κ2) is 8.52. The topological polar surface area (TPSA) is 65.5 Å². The molecule has 0 spiro atoms. The summed E-state index contributed by atoms with van der Waals surface area (Å²) in [6, 6.07) is 0.927. The summed E-state index contributed by atoms with van der Waals surface area (Å²) in [7, 11) is -4.70. The standard InChI is InChI=1S/C18H22ClF3N4O2S2/c1-4-26(5-2)18(3)6-7-25(10-18)12-8-11(20)16(15(22)14(12)19)30(27,28)24-17-23-9-13(21)29-17/h8-9H,4-7,10H2,1-3H3,(H,23,24)/t18-/m1/s1. The maximum atomic E-state index is 14.9. The molecule has 12 heteroatoms. The monoisotopic (exact) mass is 482 g/mol. The summed E-state index contributed by atoms with van der Waals surface area (Å²) in [5.41, 5.74) is -0.0946. The minimum absolute atomic E-state index is 0.0989. The Labute approximate surface area is 182 Å². The second-order valence-electron chi connectivity index (χ2n) is 7.25. The number of nitrogens with one attached hydrogen (secondary N) is 1. The van der Waals surface area contributed by atoms with E-state index in [9.17, 15) is 21.6 Å². The van der Waals surface area contributed by atoms with Crippen LogP contribution in [0.15, 0.2) is 17.2 Å². The van der Waals surface area contributed by atoms with Gasteiger partial charge in [-0.25, -0.2) is 22.2 Å². The van der Waals surface area contributed by atoms with Crippen LogP contribution in [-0.4, -0.2) is 50.0 Å². The van der Waals surface area contributed by atoms with Crippen molar-refractivity contribution >= 4 is 43.8 Å². The van der Waals surface area contributed by atoms with Gasteiger partial charge in [0.2, 0.25) is 0 Å². The van der Waals surface area contributed by atoms with Crippen LogP contribution in [0.4, 0.5) is 24.0 Å². The van der Waals surface area contributed by atoms with Gasteiger partial charge in [-0.1, -0.05) is 36.8 Å². The lowest BCUT2D eigenvalue weighted by atomic mass is 9.99. The Morgan fingerprint density at radius 1 is 1.33 bits per heavy atom. The molecular weight excluding hydrogens is 461 g/mol. The molecule has 0 amide bonds. The van der Waals surface area contributed by atoms with E-state index >= 15 is 0 Å². The van der Waals surface area contributed by atoms with Crippen LogP contribution >= 0.6 is 22.9 Å². The van der Waals surface area contributed by atoms with Gasteiger partial charge < -0.3 is 4.90 Å². The van der Waals surface area contributed by atoms with E-state index in [1.165, 1.54) is 0 Å². The predicted molar refractivity (Wildman–Crippen MR) is 112 cm³/mol. The maximum Gasteiger partial charge on any atom is 0.269 e. The first-order chi connectivity index (χ1) is 14.0. The molecule has 6 nitrogen and oxygen atoms in total. The second-order valence-corrected chi connectivity index (χ2v) is 10.2. The van der Waals surface area contributed by atoms with E-state index in [0.29, 0.717) is 24.4 Å². The number of halogens is 4. The number of benzene rings is 1. The largest absolute Gasteiger partial charge is 0.368 e. The quantitative estimate of drug-likeness (QED) is 0.595. The first kappa shape index (κ1) is 23.1. The van der Waals surface area contributed by atoms with Gasteiger partial charge in [0.15, 0.2) is 21.0 Å². The van der Waals surface area contributed by atoms with Crippen LogP contribution in [0, 0.1) is 16.8 Å². The number of rotatable bonds is 7. The lowest BCUT2D eigenvalue weighted by Crippen LogP contribution is -2.48. The van der Waals surface area contributed by atoms with Crippen LogP contribution in [0.1, 0.15) is 27.2 Å². The zero-order chi connectivity index (χ0) is 22.3. The van der Waals surface area contributed by atoms with Gasteiger partial charge in [0.05, 0.1) is 11.9 Å². The fourth-order valence-electron chi connectivity index (χ4n) is 3.91. The van der Waals surface area contributed by atoms with Crippen molar-refractivity contribution in [1.82, 2.24) is 9.88 Å². The molecule has 0 saturated carbocycles. The number of aromatic nitrogens is 1. The lowest BCUT2D eigenvalue weighted by Gasteiger charge is -2.37. The molecule has 30 heavy (non-hydrogen) atoms. The van der Waals surface area contributed by atoms with Gasteiger partial charge >= 0.3 is 0 Å². The summed E-state index contributed by atoms with van der Waals surface area (Å²) in [5, 5.41) is -1.57. The Hall–Kier alpha value is -1.56. The number of thiazole rings is 1. The Morgan fingerprint density at radius 2 is 2.00 bits per heavy atom. The summed E-state index contributed by atoms with van der Waals surface area (Å²) < 4.78 is 69.6. The number of hydrogen-bond acceptors (Lipinski definition) is 6.